The molecule has 0 aliphatic carbocycles. The fourth-order valence-corrected chi connectivity index (χ4v) is 5.12. The van der Waals surface area contributed by atoms with Gasteiger partial charge in [-0.2, -0.15) is 0 Å². The summed E-state index contributed by atoms with van der Waals surface area (Å²) in [7, 11) is -3.57. The Bertz CT molecular complexity index is 1140. The molecule has 8 nitrogen and oxygen atoms in total. The van der Waals surface area contributed by atoms with E-state index in [-0.39, 0.29) is 37.4 Å². The van der Waals surface area contributed by atoms with Crippen molar-refractivity contribution in [2.75, 3.05) is 23.7 Å². The predicted octanol–water partition coefficient (Wildman–Crippen LogP) is 5.01. The lowest BCUT2D eigenvalue weighted by Crippen LogP contribution is -2.50. The van der Waals surface area contributed by atoms with Gasteiger partial charge in [-0.3, -0.25) is 13.9 Å². The summed E-state index contributed by atoms with van der Waals surface area (Å²) < 4.78 is 31.8. The molecular weight excluding hydrogens is 526 g/mol. The number of halogens is 1. The van der Waals surface area contributed by atoms with Crippen LogP contribution >= 0.6 is 11.6 Å². The molecule has 0 spiro atoms. The van der Waals surface area contributed by atoms with Crippen LogP contribution in [0.2, 0.25) is 5.02 Å². The maximum absolute atomic E-state index is 13.5. The Balaban J connectivity index is 2.20. The summed E-state index contributed by atoms with van der Waals surface area (Å²) >= 11 is 6.03. The second kappa shape index (κ2) is 15.0. The number of hydrogen-bond donors (Lipinski definition) is 1. The largest absolute Gasteiger partial charge is 0.494 e. The lowest BCUT2D eigenvalue weighted by Gasteiger charge is -2.32. The maximum atomic E-state index is 13.5. The number of nitrogens with one attached hydrogen (secondary N) is 1. The molecule has 0 aliphatic rings. The van der Waals surface area contributed by atoms with Crippen molar-refractivity contribution in [1.82, 2.24) is 10.2 Å². The van der Waals surface area contributed by atoms with Gasteiger partial charge in [-0.25, -0.2) is 8.42 Å². The van der Waals surface area contributed by atoms with Gasteiger partial charge in [0.15, 0.2) is 0 Å². The minimum Gasteiger partial charge on any atom is -0.494 e. The maximum Gasteiger partial charge on any atom is 0.243 e. The zero-order valence-electron chi connectivity index (χ0n) is 22.9. The summed E-state index contributed by atoms with van der Waals surface area (Å²) in [5, 5.41) is 3.57. The van der Waals surface area contributed by atoms with Crippen molar-refractivity contribution in [2.24, 2.45) is 0 Å². The number of rotatable bonds is 15. The summed E-state index contributed by atoms with van der Waals surface area (Å²) in [4.78, 5) is 28.2. The Morgan fingerprint density at radius 1 is 1.00 bits per heavy atom. The Morgan fingerprint density at radius 3 is 2.16 bits per heavy atom. The van der Waals surface area contributed by atoms with E-state index in [1.807, 2.05) is 39.8 Å². The Kier molecular flexibility index (Phi) is 12.4. The molecule has 210 valence electrons. The van der Waals surface area contributed by atoms with Crippen LogP contribution in [0.3, 0.4) is 0 Å². The van der Waals surface area contributed by atoms with Crippen LogP contribution in [-0.2, 0) is 26.2 Å². The molecule has 0 saturated heterocycles. The lowest BCUT2D eigenvalue weighted by molar-refractivity contribution is -0.141. The third-order valence-electron chi connectivity index (χ3n) is 6.24. The van der Waals surface area contributed by atoms with Gasteiger partial charge in [-0.05, 0) is 75.1 Å². The Morgan fingerprint density at radius 2 is 1.63 bits per heavy atom. The minimum atomic E-state index is -3.57. The zero-order valence-corrected chi connectivity index (χ0v) is 24.5. The topological polar surface area (TPSA) is 96.0 Å². The molecule has 0 fully saturated rings. The number of hydrogen-bond acceptors (Lipinski definition) is 5. The number of nitrogens with zero attached hydrogens (tertiary/aromatic N) is 2. The molecule has 0 aliphatic heterocycles. The van der Waals surface area contributed by atoms with Crippen molar-refractivity contribution in [3.05, 3.63) is 59.1 Å². The van der Waals surface area contributed by atoms with Crippen molar-refractivity contribution in [3.63, 3.8) is 0 Å². The highest BCUT2D eigenvalue weighted by Gasteiger charge is 2.29. The first kappa shape index (κ1) is 31.4. The molecule has 0 radical (unpaired) electrons. The predicted molar refractivity (Wildman–Crippen MR) is 153 cm³/mol. The van der Waals surface area contributed by atoms with E-state index >= 15 is 0 Å². The van der Waals surface area contributed by atoms with Crippen molar-refractivity contribution >= 4 is 39.1 Å². The highest BCUT2D eigenvalue weighted by atomic mass is 35.5. The highest BCUT2D eigenvalue weighted by Crippen LogP contribution is 2.23. The molecule has 0 saturated carbocycles. The van der Waals surface area contributed by atoms with Gasteiger partial charge in [0, 0.05) is 30.6 Å². The SMILES string of the molecule is CCOc1ccc(N(CCCC(=O)N(Cc2ccc(Cl)cc2)[C@H](CC)C(=O)N[C@@H](C)CC)S(C)(=O)=O)cc1. The van der Waals surface area contributed by atoms with Crippen LogP contribution in [0.4, 0.5) is 5.69 Å². The normalized spacial score (nSPS) is 12.9. The first-order valence-corrected chi connectivity index (χ1v) is 15.3. The lowest BCUT2D eigenvalue weighted by atomic mass is 10.1. The molecule has 2 aromatic rings. The third-order valence-corrected chi connectivity index (χ3v) is 7.69. The van der Waals surface area contributed by atoms with Crippen LogP contribution in [0.25, 0.3) is 0 Å². The van der Waals surface area contributed by atoms with E-state index in [2.05, 4.69) is 5.32 Å². The van der Waals surface area contributed by atoms with Crippen LogP contribution in [0.1, 0.15) is 58.9 Å². The molecule has 2 amide bonds. The smallest absolute Gasteiger partial charge is 0.243 e. The summed E-state index contributed by atoms with van der Waals surface area (Å²) in [6, 6.07) is 13.3. The molecule has 0 aromatic heterocycles. The number of amides is 2. The van der Waals surface area contributed by atoms with Crippen LogP contribution < -0.4 is 14.4 Å². The van der Waals surface area contributed by atoms with E-state index in [4.69, 9.17) is 16.3 Å². The monoisotopic (exact) mass is 565 g/mol. The molecule has 0 unspecified atom stereocenters. The van der Waals surface area contributed by atoms with E-state index < -0.39 is 16.1 Å². The molecule has 0 bridgehead atoms. The van der Waals surface area contributed by atoms with Gasteiger partial charge in [0.1, 0.15) is 11.8 Å². The Hall–Kier alpha value is -2.78. The van der Waals surface area contributed by atoms with E-state index in [1.165, 1.54) is 4.31 Å². The summed E-state index contributed by atoms with van der Waals surface area (Å²) in [6.45, 7) is 8.55. The van der Waals surface area contributed by atoms with Gasteiger partial charge >= 0.3 is 0 Å². The van der Waals surface area contributed by atoms with Crippen molar-refractivity contribution in [3.8, 4) is 5.75 Å². The number of benzene rings is 2. The summed E-state index contributed by atoms with van der Waals surface area (Å²) in [5.41, 5.74) is 1.35. The standard InChI is InChI=1S/C28H40ClN3O5S/c1-6-21(4)30-28(34)26(7-2)31(20-22-11-13-23(29)14-12-22)27(33)10-9-19-32(38(5,35)36)24-15-17-25(18-16-24)37-8-3/h11-18,21,26H,6-10,19-20H2,1-5H3,(H,30,34)/t21-,26+/m0/s1. The molecule has 10 heteroatoms. The molecule has 2 rings (SSSR count). The van der Waals surface area contributed by atoms with Gasteiger partial charge in [0.05, 0.1) is 18.6 Å². The third kappa shape index (κ3) is 9.51. The van der Waals surface area contributed by atoms with E-state index in [0.29, 0.717) is 35.9 Å². The van der Waals surface area contributed by atoms with Gasteiger partial charge in [0.25, 0.3) is 0 Å². The number of sulfonamides is 1. The fourth-order valence-electron chi connectivity index (χ4n) is 4.03. The van der Waals surface area contributed by atoms with Crippen molar-refractivity contribution < 1.29 is 22.7 Å². The van der Waals surface area contributed by atoms with Crippen LogP contribution in [0, 0.1) is 0 Å². The van der Waals surface area contributed by atoms with Gasteiger partial charge in [-0.1, -0.05) is 37.6 Å². The number of anilines is 1. The van der Waals surface area contributed by atoms with E-state index in [9.17, 15) is 18.0 Å². The second-order valence-electron chi connectivity index (χ2n) is 9.26. The zero-order chi connectivity index (χ0) is 28.3. The molecule has 1 N–H and O–H groups in total. The summed E-state index contributed by atoms with van der Waals surface area (Å²) in [6.07, 6.45) is 2.75. The highest BCUT2D eigenvalue weighted by molar-refractivity contribution is 7.92. The van der Waals surface area contributed by atoms with Gasteiger partial charge < -0.3 is 15.0 Å². The van der Waals surface area contributed by atoms with Crippen molar-refractivity contribution in [1.29, 1.82) is 0 Å². The quantitative estimate of drug-likeness (QED) is 0.327. The van der Waals surface area contributed by atoms with Crippen LogP contribution in [0.15, 0.2) is 48.5 Å². The average Bonchev–Trinajstić information content (AvgIpc) is 2.87. The van der Waals surface area contributed by atoms with Gasteiger partial charge in [0.2, 0.25) is 21.8 Å². The van der Waals surface area contributed by atoms with Crippen LogP contribution in [-0.4, -0.2) is 56.6 Å². The first-order chi connectivity index (χ1) is 18.0. The molecule has 38 heavy (non-hydrogen) atoms. The van der Waals surface area contributed by atoms with Gasteiger partial charge in [-0.15, -0.1) is 0 Å². The molecule has 0 heterocycles. The summed E-state index contributed by atoms with van der Waals surface area (Å²) in [5.74, 6) is 0.238. The number of carbonyl (C=O) groups excluding carboxylic acids is 2. The first-order valence-electron chi connectivity index (χ1n) is 13.0. The number of carbonyl (C=O) groups is 2. The second-order valence-corrected chi connectivity index (χ2v) is 11.6. The molecule has 2 atom stereocenters. The minimum absolute atomic E-state index is 0.0125. The van der Waals surface area contributed by atoms with Crippen LogP contribution in [0.5, 0.6) is 5.75 Å². The van der Waals surface area contributed by atoms with E-state index in [1.54, 1.807) is 41.3 Å². The average molecular weight is 566 g/mol. The fraction of sp³-hybridized carbons (Fsp3) is 0.500. The Labute approximate surface area is 232 Å². The van der Waals surface area contributed by atoms with Crippen molar-refractivity contribution in [2.45, 2.75) is 72.0 Å². The number of ether oxygens (including phenoxy) is 1. The molecular formula is C28H40ClN3O5S. The molecule has 2 aromatic carbocycles. The van der Waals surface area contributed by atoms with E-state index in [0.717, 1.165) is 18.2 Å².